The molecule has 124 valence electrons. The number of methoxy groups -OCH3 is 3. The summed E-state index contributed by atoms with van der Waals surface area (Å²) in [6.45, 7) is 0.445. The smallest absolute Gasteiger partial charge is 0.203 e. The van der Waals surface area contributed by atoms with Crippen LogP contribution in [0, 0.1) is 0 Å². The lowest BCUT2D eigenvalue weighted by molar-refractivity contribution is 0.311. The first kappa shape index (κ1) is 16.6. The Labute approximate surface area is 134 Å². The number of anilines is 3. The van der Waals surface area contributed by atoms with E-state index in [2.05, 4.69) is 20.6 Å². The molecule has 0 saturated carbocycles. The summed E-state index contributed by atoms with van der Waals surface area (Å²) in [7, 11) is 4.67. The second-order valence-electron chi connectivity index (χ2n) is 4.48. The number of hydrogen-bond acceptors (Lipinski definition) is 8. The standard InChI is InChI=1S/C15H20N4O4/c1-21-11-6-10(7-12(22-2)15(11)23-3)19-14-8-13(16-4-5-20)17-9-18-14/h6-9,20H,4-5H2,1-3H3,(H2,16,17,18,19). The summed E-state index contributed by atoms with van der Waals surface area (Å²) in [6.07, 6.45) is 1.43. The average molecular weight is 320 g/mol. The number of nitrogens with one attached hydrogen (secondary N) is 2. The molecule has 3 N–H and O–H groups in total. The zero-order valence-electron chi connectivity index (χ0n) is 13.3. The van der Waals surface area contributed by atoms with E-state index in [1.807, 2.05) is 0 Å². The van der Waals surface area contributed by atoms with Gasteiger partial charge in [0.15, 0.2) is 11.5 Å². The molecule has 0 amide bonds. The molecule has 0 aliphatic rings. The largest absolute Gasteiger partial charge is 0.493 e. The fraction of sp³-hybridized carbons (Fsp3) is 0.333. The van der Waals surface area contributed by atoms with Gasteiger partial charge in [0, 0.05) is 30.4 Å². The van der Waals surface area contributed by atoms with E-state index in [4.69, 9.17) is 19.3 Å². The second-order valence-corrected chi connectivity index (χ2v) is 4.48. The van der Waals surface area contributed by atoms with Crippen molar-refractivity contribution < 1.29 is 19.3 Å². The molecule has 0 radical (unpaired) electrons. The van der Waals surface area contributed by atoms with Gasteiger partial charge in [0.2, 0.25) is 5.75 Å². The van der Waals surface area contributed by atoms with Crippen molar-refractivity contribution in [1.82, 2.24) is 9.97 Å². The number of hydrogen-bond donors (Lipinski definition) is 3. The summed E-state index contributed by atoms with van der Waals surface area (Å²) in [5.74, 6) is 2.82. The zero-order valence-corrected chi connectivity index (χ0v) is 13.3. The van der Waals surface area contributed by atoms with Gasteiger partial charge in [0.25, 0.3) is 0 Å². The lowest BCUT2D eigenvalue weighted by Crippen LogP contribution is -2.07. The lowest BCUT2D eigenvalue weighted by Gasteiger charge is -2.15. The summed E-state index contributed by atoms with van der Waals surface area (Å²) in [4.78, 5) is 8.23. The van der Waals surface area contributed by atoms with Crippen molar-refractivity contribution in [3.05, 3.63) is 24.5 Å². The van der Waals surface area contributed by atoms with Gasteiger partial charge < -0.3 is 30.0 Å². The van der Waals surface area contributed by atoms with Gasteiger partial charge in [0.1, 0.15) is 18.0 Å². The average Bonchev–Trinajstić information content (AvgIpc) is 2.59. The molecule has 2 rings (SSSR count). The Bertz CT molecular complexity index is 626. The number of aliphatic hydroxyl groups is 1. The molecule has 0 saturated heterocycles. The highest BCUT2D eigenvalue weighted by atomic mass is 16.5. The molecule has 1 aromatic carbocycles. The minimum atomic E-state index is 0.0274. The van der Waals surface area contributed by atoms with Crippen LogP contribution in [-0.4, -0.2) is 49.6 Å². The Hall–Kier alpha value is -2.74. The first-order chi connectivity index (χ1) is 11.2. The van der Waals surface area contributed by atoms with Gasteiger partial charge in [-0.3, -0.25) is 0 Å². The molecule has 23 heavy (non-hydrogen) atoms. The van der Waals surface area contributed by atoms with Crippen LogP contribution in [-0.2, 0) is 0 Å². The van der Waals surface area contributed by atoms with E-state index in [1.54, 1.807) is 39.5 Å². The van der Waals surface area contributed by atoms with Crippen LogP contribution in [0.25, 0.3) is 0 Å². The number of aliphatic hydroxyl groups excluding tert-OH is 1. The third kappa shape index (κ3) is 4.13. The molecule has 0 aliphatic heterocycles. The van der Waals surface area contributed by atoms with E-state index in [0.29, 0.717) is 35.4 Å². The third-order valence-electron chi connectivity index (χ3n) is 3.02. The monoisotopic (exact) mass is 320 g/mol. The van der Waals surface area contributed by atoms with Crippen LogP contribution in [0.5, 0.6) is 17.2 Å². The van der Waals surface area contributed by atoms with Gasteiger partial charge in [-0.15, -0.1) is 0 Å². The fourth-order valence-corrected chi connectivity index (χ4v) is 2.01. The minimum absolute atomic E-state index is 0.0274. The molecular formula is C15H20N4O4. The van der Waals surface area contributed by atoms with Crippen molar-refractivity contribution in [2.45, 2.75) is 0 Å². The van der Waals surface area contributed by atoms with Crippen molar-refractivity contribution >= 4 is 17.3 Å². The highest BCUT2D eigenvalue weighted by Crippen LogP contribution is 2.40. The van der Waals surface area contributed by atoms with Crippen LogP contribution in [0.1, 0.15) is 0 Å². The van der Waals surface area contributed by atoms with Gasteiger partial charge in [-0.2, -0.15) is 0 Å². The molecule has 0 aliphatic carbocycles. The minimum Gasteiger partial charge on any atom is -0.493 e. The molecule has 0 fully saturated rings. The molecule has 0 spiro atoms. The van der Waals surface area contributed by atoms with Gasteiger partial charge >= 0.3 is 0 Å². The molecule has 2 aromatic rings. The van der Waals surface area contributed by atoms with E-state index in [-0.39, 0.29) is 6.61 Å². The van der Waals surface area contributed by atoms with Crippen LogP contribution in [0.2, 0.25) is 0 Å². The van der Waals surface area contributed by atoms with E-state index >= 15 is 0 Å². The van der Waals surface area contributed by atoms with Crippen LogP contribution in [0.15, 0.2) is 24.5 Å². The topological polar surface area (TPSA) is 97.8 Å². The highest BCUT2D eigenvalue weighted by molar-refractivity contribution is 5.67. The Balaban J connectivity index is 2.26. The molecule has 0 atom stereocenters. The Morgan fingerprint density at radius 2 is 1.61 bits per heavy atom. The van der Waals surface area contributed by atoms with Crippen molar-refractivity contribution in [1.29, 1.82) is 0 Å². The molecule has 0 unspecified atom stereocenters. The third-order valence-corrected chi connectivity index (χ3v) is 3.02. The molecule has 1 heterocycles. The van der Waals surface area contributed by atoms with Crippen LogP contribution >= 0.6 is 0 Å². The number of rotatable bonds is 8. The number of nitrogens with zero attached hydrogens (tertiary/aromatic N) is 2. The fourth-order valence-electron chi connectivity index (χ4n) is 2.01. The summed E-state index contributed by atoms with van der Waals surface area (Å²) in [5.41, 5.74) is 0.728. The summed E-state index contributed by atoms with van der Waals surface area (Å²) in [5, 5.41) is 15.0. The number of benzene rings is 1. The van der Waals surface area contributed by atoms with Crippen LogP contribution < -0.4 is 24.8 Å². The molecular weight excluding hydrogens is 300 g/mol. The summed E-state index contributed by atoms with van der Waals surface area (Å²) >= 11 is 0. The normalized spacial score (nSPS) is 10.1. The maximum Gasteiger partial charge on any atom is 0.203 e. The van der Waals surface area contributed by atoms with E-state index in [1.165, 1.54) is 6.33 Å². The van der Waals surface area contributed by atoms with Gasteiger partial charge in [0.05, 0.1) is 27.9 Å². The Kier molecular flexibility index (Phi) is 5.81. The van der Waals surface area contributed by atoms with Crippen LogP contribution in [0.3, 0.4) is 0 Å². The highest BCUT2D eigenvalue weighted by Gasteiger charge is 2.13. The van der Waals surface area contributed by atoms with Crippen molar-refractivity contribution in [3.63, 3.8) is 0 Å². The number of aromatic nitrogens is 2. The first-order valence-electron chi connectivity index (χ1n) is 6.95. The molecule has 8 heteroatoms. The number of ether oxygens (including phenoxy) is 3. The maximum absolute atomic E-state index is 8.84. The van der Waals surface area contributed by atoms with E-state index in [9.17, 15) is 0 Å². The molecule has 0 bridgehead atoms. The zero-order chi connectivity index (χ0) is 16.7. The second kappa shape index (κ2) is 8.04. The van der Waals surface area contributed by atoms with Crippen molar-refractivity contribution in [2.24, 2.45) is 0 Å². The van der Waals surface area contributed by atoms with Crippen molar-refractivity contribution in [2.75, 3.05) is 45.1 Å². The first-order valence-corrected chi connectivity index (χ1v) is 6.95. The van der Waals surface area contributed by atoms with Crippen molar-refractivity contribution in [3.8, 4) is 17.2 Å². The SMILES string of the molecule is COc1cc(Nc2cc(NCCO)ncn2)cc(OC)c1OC. The summed E-state index contributed by atoms with van der Waals surface area (Å²) in [6, 6.07) is 5.30. The lowest BCUT2D eigenvalue weighted by atomic mass is 10.2. The van der Waals surface area contributed by atoms with Gasteiger partial charge in [-0.05, 0) is 0 Å². The molecule has 8 nitrogen and oxygen atoms in total. The predicted octanol–water partition coefficient (Wildman–Crippen LogP) is 1.65. The van der Waals surface area contributed by atoms with E-state index < -0.39 is 0 Å². The summed E-state index contributed by atoms with van der Waals surface area (Å²) < 4.78 is 15.9. The van der Waals surface area contributed by atoms with Gasteiger partial charge in [-0.25, -0.2) is 9.97 Å². The maximum atomic E-state index is 8.84. The Morgan fingerprint density at radius 1 is 0.957 bits per heavy atom. The molecule has 1 aromatic heterocycles. The predicted molar refractivity (Wildman–Crippen MR) is 87.0 cm³/mol. The van der Waals surface area contributed by atoms with E-state index in [0.717, 1.165) is 5.69 Å². The van der Waals surface area contributed by atoms with Gasteiger partial charge in [-0.1, -0.05) is 0 Å². The van der Waals surface area contributed by atoms with Crippen LogP contribution in [0.4, 0.5) is 17.3 Å². The Morgan fingerprint density at radius 3 is 2.17 bits per heavy atom. The quantitative estimate of drug-likeness (QED) is 0.675.